The van der Waals surface area contributed by atoms with Gasteiger partial charge < -0.3 is 15.2 Å². The molecule has 1 saturated carbocycles. The molecule has 2 atom stereocenters. The summed E-state index contributed by atoms with van der Waals surface area (Å²) in [5.41, 5.74) is -0.627. The predicted molar refractivity (Wildman–Crippen MR) is 55.3 cm³/mol. The lowest BCUT2D eigenvalue weighted by molar-refractivity contribution is -0.128. The molecule has 1 amide bonds. The third-order valence-corrected chi connectivity index (χ3v) is 3.59. The van der Waals surface area contributed by atoms with Gasteiger partial charge in [0.1, 0.15) is 0 Å². The van der Waals surface area contributed by atoms with Crippen LogP contribution in [0.25, 0.3) is 0 Å². The zero-order chi connectivity index (χ0) is 10.9. The number of ether oxygens (including phenoxy) is 1. The number of carbonyl (C=O) groups excluding carboxylic acids is 1. The van der Waals surface area contributed by atoms with E-state index in [1.165, 1.54) is 0 Å². The minimum atomic E-state index is -0.627. The van der Waals surface area contributed by atoms with Crippen molar-refractivity contribution in [1.82, 2.24) is 5.32 Å². The molecule has 4 nitrogen and oxygen atoms in total. The summed E-state index contributed by atoms with van der Waals surface area (Å²) < 4.78 is 5.34. The van der Waals surface area contributed by atoms with Gasteiger partial charge in [0.05, 0.1) is 17.6 Å². The minimum absolute atomic E-state index is 0.0148. The number of rotatable bonds is 3. The molecule has 86 valence electrons. The van der Waals surface area contributed by atoms with Gasteiger partial charge in [0, 0.05) is 13.2 Å². The van der Waals surface area contributed by atoms with Crippen molar-refractivity contribution in [3.63, 3.8) is 0 Å². The minimum Gasteiger partial charge on any atom is -0.388 e. The molecule has 15 heavy (non-hydrogen) atoms. The Morgan fingerprint density at radius 3 is 2.80 bits per heavy atom. The Hall–Kier alpha value is -0.610. The Balaban J connectivity index is 1.76. The molecule has 4 heteroatoms. The molecule has 0 radical (unpaired) electrons. The van der Waals surface area contributed by atoms with Crippen LogP contribution in [0.1, 0.15) is 32.6 Å². The van der Waals surface area contributed by atoms with Crippen molar-refractivity contribution in [3.8, 4) is 0 Å². The molecule has 0 spiro atoms. The Morgan fingerprint density at radius 1 is 1.60 bits per heavy atom. The fraction of sp³-hybridized carbons (Fsp3) is 0.909. The molecule has 2 unspecified atom stereocenters. The van der Waals surface area contributed by atoms with Crippen LogP contribution in [0.3, 0.4) is 0 Å². The highest BCUT2D eigenvalue weighted by Crippen LogP contribution is 2.31. The van der Waals surface area contributed by atoms with Gasteiger partial charge in [0.25, 0.3) is 0 Å². The molecule has 1 heterocycles. The van der Waals surface area contributed by atoms with Crippen LogP contribution in [0.15, 0.2) is 0 Å². The lowest BCUT2D eigenvalue weighted by Gasteiger charge is -2.36. The predicted octanol–water partition coefficient (Wildman–Crippen LogP) is 0.443. The molecule has 0 aromatic heterocycles. The monoisotopic (exact) mass is 213 g/mol. The molecular formula is C11H19NO3. The van der Waals surface area contributed by atoms with Gasteiger partial charge >= 0.3 is 0 Å². The highest BCUT2D eigenvalue weighted by atomic mass is 16.5. The normalized spacial score (nSPS) is 33.5. The summed E-state index contributed by atoms with van der Waals surface area (Å²) in [5, 5.41) is 12.7. The van der Waals surface area contributed by atoms with Crippen molar-refractivity contribution in [2.45, 2.75) is 44.3 Å². The van der Waals surface area contributed by atoms with E-state index in [1.54, 1.807) is 0 Å². The second-order valence-corrected chi connectivity index (χ2v) is 4.77. The van der Waals surface area contributed by atoms with Crippen molar-refractivity contribution in [3.05, 3.63) is 0 Å². The first-order valence-electron chi connectivity index (χ1n) is 5.72. The molecule has 2 fully saturated rings. The van der Waals surface area contributed by atoms with Crippen LogP contribution >= 0.6 is 0 Å². The Morgan fingerprint density at radius 2 is 2.33 bits per heavy atom. The van der Waals surface area contributed by atoms with Crippen molar-refractivity contribution < 1.29 is 14.6 Å². The summed E-state index contributed by atoms with van der Waals surface area (Å²) in [4.78, 5) is 11.7. The van der Waals surface area contributed by atoms with Crippen molar-refractivity contribution >= 4 is 5.91 Å². The molecule has 0 bridgehead atoms. The molecule has 2 rings (SSSR count). The number of aliphatic hydroxyl groups is 1. The highest BCUT2D eigenvalue weighted by Gasteiger charge is 2.36. The van der Waals surface area contributed by atoms with E-state index in [0.29, 0.717) is 13.2 Å². The van der Waals surface area contributed by atoms with Gasteiger partial charge in [-0.3, -0.25) is 4.79 Å². The summed E-state index contributed by atoms with van der Waals surface area (Å²) in [7, 11) is 0. The smallest absolute Gasteiger partial charge is 0.225 e. The van der Waals surface area contributed by atoms with Crippen molar-refractivity contribution in [2.24, 2.45) is 5.92 Å². The van der Waals surface area contributed by atoms with Gasteiger partial charge in [-0.1, -0.05) is 0 Å². The van der Waals surface area contributed by atoms with Crippen LogP contribution < -0.4 is 5.32 Å². The number of hydrogen-bond acceptors (Lipinski definition) is 3. The van der Waals surface area contributed by atoms with Gasteiger partial charge in [-0.15, -0.1) is 0 Å². The molecule has 2 aliphatic rings. The van der Waals surface area contributed by atoms with Gasteiger partial charge in [-0.25, -0.2) is 0 Å². The second kappa shape index (κ2) is 4.10. The van der Waals surface area contributed by atoms with E-state index in [1.807, 2.05) is 6.92 Å². The molecule has 2 N–H and O–H groups in total. The Kier molecular flexibility index (Phi) is 2.98. The van der Waals surface area contributed by atoms with Gasteiger partial charge in [-0.2, -0.15) is 0 Å². The summed E-state index contributed by atoms with van der Waals surface area (Å²) in [6.45, 7) is 2.99. The summed E-state index contributed by atoms with van der Waals surface area (Å²) in [6, 6.07) is 0. The zero-order valence-corrected chi connectivity index (χ0v) is 9.16. The van der Waals surface area contributed by atoms with E-state index in [-0.39, 0.29) is 17.9 Å². The maximum atomic E-state index is 11.7. The van der Waals surface area contributed by atoms with Crippen LogP contribution in [-0.4, -0.2) is 35.9 Å². The topological polar surface area (TPSA) is 58.6 Å². The maximum absolute atomic E-state index is 11.7. The summed E-state index contributed by atoms with van der Waals surface area (Å²) in [5.74, 6) is -0.00555. The van der Waals surface area contributed by atoms with Crippen LogP contribution in [0, 0.1) is 5.92 Å². The molecular weight excluding hydrogens is 194 g/mol. The summed E-state index contributed by atoms with van der Waals surface area (Å²) >= 11 is 0. The van der Waals surface area contributed by atoms with Gasteiger partial charge in [0.15, 0.2) is 0 Å². The Bertz CT molecular complexity index is 250. The fourth-order valence-corrected chi connectivity index (χ4v) is 2.22. The third kappa shape index (κ3) is 2.32. The first kappa shape index (κ1) is 10.9. The lowest BCUT2D eigenvalue weighted by Crippen LogP contribution is -2.49. The molecule has 1 aliphatic carbocycles. The first-order valence-corrected chi connectivity index (χ1v) is 5.72. The van der Waals surface area contributed by atoms with E-state index < -0.39 is 5.60 Å². The fourth-order valence-electron chi connectivity index (χ4n) is 2.22. The first-order chi connectivity index (χ1) is 7.11. The Labute approximate surface area is 90.0 Å². The van der Waals surface area contributed by atoms with Gasteiger partial charge in [-0.05, 0) is 32.6 Å². The third-order valence-electron chi connectivity index (χ3n) is 3.59. The molecule has 0 aromatic carbocycles. The van der Waals surface area contributed by atoms with Crippen LogP contribution in [-0.2, 0) is 9.53 Å². The van der Waals surface area contributed by atoms with E-state index in [0.717, 1.165) is 25.7 Å². The SMILES string of the molecule is CC1OCCC1C(=O)NCC1(O)CCC1. The van der Waals surface area contributed by atoms with Crippen molar-refractivity contribution in [2.75, 3.05) is 13.2 Å². The number of amides is 1. The quantitative estimate of drug-likeness (QED) is 0.715. The molecule has 1 aliphatic heterocycles. The molecule has 1 saturated heterocycles. The average Bonchev–Trinajstić information content (AvgIpc) is 2.58. The second-order valence-electron chi connectivity index (χ2n) is 4.77. The average molecular weight is 213 g/mol. The van der Waals surface area contributed by atoms with E-state index in [9.17, 15) is 9.90 Å². The highest BCUT2D eigenvalue weighted by molar-refractivity contribution is 5.79. The summed E-state index contributed by atoms with van der Waals surface area (Å²) in [6.07, 6.45) is 3.50. The van der Waals surface area contributed by atoms with E-state index in [4.69, 9.17) is 4.74 Å². The lowest BCUT2D eigenvalue weighted by atomic mass is 9.80. The van der Waals surface area contributed by atoms with Crippen LogP contribution in [0.5, 0.6) is 0 Å². The number of nitrogens with one attached hydrogen (secondary N) is 1. The van der Waals surface area contributed by atoms with E-state index >= 15 is 0 Å². The maximum Gasteiger partial charge on any atom is 0.225 e. The van der Waals surface area contributed by atoms with Gasteiger partial charge in [0.2, 0.25) is 5.91 Å². The van der Waals surface area contributed by atoms with Crippen LogP contribution in [0.4, 0.5) is 0 Å². The number of hydrogen-bond donors (Lipinski definition) is 2. The van der Waals surface area contributed by atoms with Crippen molar-refractivity contribution in [1.29, 1.82) is 0 Å². The zero-order valence-electron chi connectivity index (χ0n) is 9.16. The molecule has 0 aromatic rings. The van der Waals surface area contributed by atoms with E-state index in [2.05, 4.69) is 5.32 Å². The standard InChI is InChI=1S/C11H19NO3/c1-8-9(3-6-15-8)10(13)12-7-11(14)4-2-5-11/h8-9,14H,2-7H2,1H3,(H,12,13). The largest absolute Gasteiger partial charge is 0.388 e. The van der Waals surface area contributed by atoms with Crippen LogP contribution in [0.2, 0.25) is 0 Å². The number of carbonyl (C=O) groups is 1.